The number of nitrogens with zero attached hydrogens (tertiary/aromatic N) is 1. The van der Waals surface area contributed by atoms with Crippen molar-refractivity contribution in [3.8, 4) is 0 Å². The summed E-state index contributed by atoms with van der Waals surface area (Å²) in [4.78, 5) is 2.58. The quantitative estimate of drug-likeness (QED) is 0.819. The molecule has 24 heavy (non-hydrogen) atoms. The maximum atomic E-state index is 3.63. The normalized spacial score (nSPS) is 16.9. The molecule has 1 fully saturated rings. The minimum Gasteiger partial charge on any atom is -0.306 e. The van der Waals surface area contributed by atoms with E-state index in [1.807, 2.05) is 0 Å². The Morgan fingerprint density at radius 3 is 2.17 bits per heavy atom. The van der Waals surface area contributed by atoms with Crippen LogP contribution in [0, 0.1) is 6.92 Å². The van der Waals surface area contributed by atoms with Crippen LogP contribution in [0.5, 0.6) is 0 Å². The van der Waals surface area contributed by atoms with Gasteiger partial charge in [-0.15, -0.1) is 0 Å². The van der Waals surface area contributed by atoms with Crippen molar-refractivity contribution in [1.29, 1.82) is 0 Å². The lowest BCUT2D eigenvalue weighted by atomic mass is 10.0. The predicted octanol–water partition coefficient (Wildman–Crippen LogP) is 4.83. The first kappa shape index (κ1) is 17.2. The van der Waals surface area contributed by atoms with Crippen LogP contribution in [0.1, 0.15) is 54.5 Å². The Bertz CT molecular complexity index is 609. The van der Waals surface area contributed by atoms with Gasteiger partial charge in [-0.2, -0.15) is 0 Å². The van der Waals surface area contributed by atoms with Gasteiger partial charge < -0.3 is 5.32 Å². The van der Waals surface area contributed by atoms with E-state index in [2.05, 4.69) is 72.6 Å². The van der Waals surface area contributed by atoms with Crippen LogP contribution in [-0.4, -0.2) is 18.0 Å². The lowest BCUT2D eigenvalue weighted by Gasteiger charge is -2.26. The Morgan fingerprint density at radius 1 is 0.875 bits per heavy atom. The summed E-state index contributed by atoms with van der Waals surface area (Å²) < 4.78 is 0. The second-order valence-electron chi connectivity index (χ2n) is 7.17. The van der Waals surface area contributed by atoms with Crippen molar-refractivity contribution >= 4 is 0 Å². The highest BCUT2D eigenvalue weighted by Gasteiger charge is 2.11. The lowest BCUT2D eigenvalue weighted by molar-refractivity contribution is 0.221. The summed E-state index contributed by atoms with van der Waals surface area (Å²) in [5.41, 5.74) is 5.46. The van der Waals surface area contributed by atoms with Crippen LogP contribution >= 0.6 is 0 Å². The smallest absolute Gasteiger partial charge is 0.0294 e. The molecule has 2 aromatic carbocycles. The molecule has 2 aromatic rings. The van der Waals surface area contributed by atoms with Crippen LogP contribution in [0.4, 0.5) is 0 Å². The van der Waals surface area contributed by atoms with Gasteiger partial charge in [-0.3, -0.25) is 4.90 Å². The lowest BCUT2D eigenvalue weighted by Crippen LogP contribution is -2.29. The van der Waals surface area contributed by atoms with E-state index in [1.54, 1.807) is 0 Å². The molecule has 1 saturated heterocycles. The highest BCUT2D eigenvalue weighted by atomic mass is 15.1. The van der Waals surface area contributed by atoms with E-state index < -0.39 is 0 Å². The largest absolute Gasteiger partial charge is 0.306 e. The molecule has 1 aliphatic heterocycles. The van der Waals surface area contributed by atoms with E-state index >= 15 is 0 Å². The molecule has 1 aliphatic rings. The Hall–Kier alpha value is -1.64. The summed E-state index contributed by atoms with van der Waals surface area (Å²) in [5, 5.41) is 3.63. The van der Waals surface area contributed by atoms with Crippen molar-refractivity contribution < 1.29 is 0 Å². The van der Waals surface area contributed by atoms with Crippen molar-refractivity contribution in [3.05, 3.63) is 70.8 Å². The number of likely N-dealkylation sites (tertiary alicyclic amines) is 1. The van der Waals surface area contributed by atoms with Gasteiger partial charge in [0, 0.05) is 19.1 Å². The first-order valence-electron chi connectivity index (χ1n) is 9.31. The molecule has 0 spiro atoms. The molecule has 1 heterocycles. The van der Waals surface area contributed by atoms with Gasteiger partial charge in [-0.05, 0) is 56.5 Å². The summed E-state index contributed by atoms with van der Waals surface area (Å²) >= 11 is 0. The molecule has 3 rings (SSSR count). The van der Waals surface area contributed by atoms with Crippen molar-refractivity contribution in [2.45, 2.75) is 52.2 Å². The van der Waals surface area contributed by atoms with Crippen molar-refractivity contribution in [2.24, 2.45) is 0 Å². The topological polar surface area (TPSA) is 15.3 Å². The number of hydrogen-bond donors (Lipinski definition) is 1. The fourth-order valence-corrected chi connectivity index (χ4v) is 3.38. The maximum absolute atomic E-state index is 3.63. The Morgan fingerprint density at radius 2 is 1.50 bits per heavy atom. The van der Waals surface area contributed by atoms with Gasteiger partial charge in [0.25, 0.3) is 0 Å². The highest BCUT2D eigenvalue weighted by Crippen LogP contribution is 2.17. The molecule has 2 heteroatoms. The zero-order valence-corrected chi connectivity index (χ0v) is 15.1. The minimum atomic E-state index is 0.371. The minimum absolute atomic E-state index is 0.371. The molecule has 0 radical (unpaired) electrons. The van der Waals surface area contributed by atoms with Gasteiger partial charge in [-0.25, -0.2) is 0 Å². The molecule has 0 amide bonds. The molecule has 1 atom stereocenters. The molecule has 0 saturated carbocycles. The molecule has 1 unspecified atom stereocenters. The van der Waals surface area contributed by atoms with Gasteiger partial charge in [-0.1, -0.05) is 60.5 Å². The van der Waals surface area contributed by atoms with Crippen molar-refractivity contribution in [3.63, 3.8) is 0 Å². The van der Waals surface area contributed by atoms with Gasteiger partial charge >= 0.3 is 0 Å². The van der Waals surface area contributed by atoms with Crippen LogP contribution in [-0.2, 0) is 13.1 Å². The summed E-state index contributed by atoms with van der Waals surface area (Å²) in [5.74, 6) is 0. The van der Waals surface area contributed by atoms with Crippen LogP contribution in [0.3, 0.4) is 0 Å². The molecule has 0 bridgehead atoms. The first-order chi connectivity index (χ1) is 11.7. The Balaban J connectivity index is 1.51. The van der Waals surface area contributed by atoms with Gasteiger partial charge in [0.05, 0.1) is 0 Å². The Kier molecular flexibility index (Phi) is 6.06. The number of piperidine rings is 1. The molecule has 1 N–H and O–H groups in total. The SMILES string of the molecule is Cc1ccc(CNC(C)c2ccc(CN3CCCCC3)cc2)cc1. The second-order valence-corrected chi connectivity index (χ2v) is 7.17. The third-order valence-electron chi connectivity index (χ3n) is 5.07. The fourth-order valence-electron chi connectivity index (χ4n) is 3.38. The third-order valence-corrected chi connectivity index (χ3v) is 5.07. The van der Waals surface area contributed by atoms with Crippen LogP contribution < -0.4 is 5.32 Å². The van der Waals surface area contributed by atoms with Crippen LogP contribution in [0.15, 0.2) is 48.5 Å². The van der Waals surface area contributed by atoms with Crippen molar-refractivity contribution in [1.82, 2.24) is 10.2 Å². The number of benzene rings is 2. The first-order valence-corrected chi connectivity index (χ1v) is 9.31. The second kappa shape index (κ2) is 8.46. The van der Waals surface area contributed by atoms with E-state index in [0.29, 0.717) is 6.04 Å². The number of rotatable bonds is 6. The zero-order valence-electron chi connectivity index (χ0n) is 15.1. The molecular weight excluding hydrogens is 292 g/mol. The average Bonchev–Trinajstić information content (AvgIpc) is 2.62. The number of nitrogens with one attached hydrogen (secondary N) is 1. The zero-order chi connectivity index (χ0) is 16.8. The molecule has 128 valence electrons. The van der Waals surface area contributed by atoms with Gasteiger partial charge in [0.2, 0.25) is 0 Å². The molecular formula is C22H30N2. The summed E-state index contributed by atoms with van der Waals surface area (Å²) in [7, 11) is 0. The number of hydrogen-bond acceptors (Lipinski definition) is 2. The summed E-state index contributed by atoms with van der Waals surface area (Å²) in [6.07, 6.45) is 4.12. The number of aryl methyl sites for hydroxylation is 1. The summed E-state index contributed by atoms with van der Waals surface area (Å²) in [6.45, 7) is 8.91. The van der Waals surface area contributed by atoms with E-state index in [0.717, 1.165) is 13.1 Å². The molecule has 0 aliphatic carbocycles. The van der Waals surface area contributed by atoms with E-state index in [4.69, 9.17) is 0 Å². The fraction of sp³-hybridized carbons (Fsp3) is 0.455. The van der Waals surface area contributed by atoms with E-state index in [1.165, 1.54) is 54.6 Å². The van der Waals surface area contributed by atoms with E-state index in [-0.39, 0.29) is 0 Å². The average molecular weight is 322 g/mol. The Labute approximate surface area is 146 Å². The standard InChI is InChI=1S/C22H30N2/c1-18-6-8-20(9-7-18)16-23-19(2)22-12-10-21(11-13-22)17-24-14-4-3-5-15-24/h6-13,19,23H,3-5,14-17H2,1-2H3. The molecule has 0 aromatic heterocycles. The highest BCUT2D eigenvalue weighted by molar-refractivity contribution is 5.25. The molecule has 2 nitrogen and oxygen atoms in total. The third kappa shape index (κ3) is 4.93. The van der Waals surface area contributed by atoms with Crippen molar-refractivity contribution in [2.75, 3.05) is 13.1 Å². The van der Waals surface area contributed by atoms with E-state index in [9.17, 15) is 0 Å². The van der Waals surface area contributed by atoms with Gasteiger partial charge in [0.15, 0.2) is 0 Å². The monoisotopic (exact) mass is 322 g/mol. The predicted molar refractivity (Wildman–Crippen MR) is 102 cm³/mol. The summed E-state index contributed by atoms with van der Waals surface area (Å²) in [6, 6.07) is 18.3. The van der Waals surface area contributed by atoms with Crippen LogP contribution in [0.2, 0.25) is 0 Å². The van der Waals surface area contributed by atoms with Crippen LogP contribution in [0.25, 0.3) is 0 Å². The van der Waals surface area contributed by atoms with Gasteiger partial charge in [0.1, 0.15) is 0 Å². The maximum Gasteiger partial charge on any atom is 0.0294 e.